The molecule has 3 rings (SSSR count). The molecule has 0 spiro atoms. The monoisotopic (exact) mass is 349 g/mol. The molecule has 2 amide bonds. The van der Waals surface area contributed by atoms with Crippen LogP contribution in [0, 0.1) is 6.92 Å². The molecule has 1 aromatic heterocycles. The normalized spacial score (nSPS) is 10.4. The summed E-state index contributed by atoms with van der Waals surface area (Å²) in [7, 11) is 1.54. The Morgan fingerprint density at radius 2 is 1.96 bits per heavy atom. The number of methoxy groups -OCH3 is 1. The zero-order chi connectivity index (χ0) is 18.5. The first-order valence-electron chi connectivity index (χ1n) is 8.15. The van der Waals surface area contributed by atoms with Gasteiger partial charge in [-0.05, 0) is 42.8 Å². The highest BCUT2D eigenvalue weighted by atomic mass is 16.5. The van der Waals surface area contributed by atoms with Gasteiger partial charge in [0, 0.05) is 17.1 Å². The third kappa shape index (κ3) is 3.80. The van der Waals surface area contributed by atoms with E-state index < -0.39 is 0 Å². The highest BCUT2D eigenvalue weighted by Gasteiger charge is 2.13. The minimum Gasteiger partial charge on any atom is -0.495 e. The number of nitrogens with one attached hydrogen (secondary N) is 2. The number of fused-ring (bicyclic) bond motifs is 1. The SMILES string of the molecule is COc1ccc(C)cc1NC(=O)CNC(=O)c1cccc2ncccc12. The highest BCUT2D eigenvalue weighted by molar-refractivity contribution is 6.07. The predicted molar refractivity (Wildman–Crippen MR) is 100 cm³/mol. The van der Waals surface area contributed by atoms with Crippen LogP contribution in [0.15, 0.2) is 54.7 Å². The number of ether oxygens (including phenoxy) is 1. The van der Waals surface area contributed by atoms with Gasteiger partial charge in [-0.1, -0.05) is 18.2 Å². The molecule has 2 N–H and O–H groups in total. The fourth-order valence-electron chi connectivity index (χ4n) is 2.67. The van der Waals surface area contributed by atoms with Crippen LogP contribution >= 0.6 is 0 Å². The lowest BCUT2D eigenvalue weighted by Gasteiger charge is -2.12. The maximum absolute atomic E-state index is 12.4. The van der Waals surface area contributed by atoms with Gasteiger partial charge in [-0.2, -0.15) is 0 Å². The number of benzene rings is 2. The van der Waals surface area contributed by atoms with Crippen molar-refractivity contribution in [3.05, 3.63) is 65.9 Å². The van der Waals surface area contributed by atoms with E-state index in [4.69, 9.17) is 4.74 Å². The number of rotatable bonds is 5. The van der Waals surface area contributed by atoms with Crippen LogP contribution in [-0.4, -0.2) is 30.5 Å². The maximum Gasteiger partial charge on any atom is 0.252 e. The van der Waals surface area contributed by atoms with Crippen LogP contribution in [0.4, 0.5) is 5.69 Å². The van der Waals surface area contributed by atoms with Gasteiger partial charge in [0.1, 0.15) is 5.75 Å². The second kappa shape index (κ2) is 7.65. The summed E-state index contributed by atoms with van der Waals surface area (Å²) in [5, 5.41) is 6.14. The summed E-state index contributed by atoms with van der Waals surface area (Å²) in [5.74, 6) is -0.0917. The Labute approximate surface area is 151 Å². The first kappa shape index (κ1) is 17.4. The van der Waals surface area contributed by atoms with Crippen LogP contribution in [0.2, 0.25) is 0 Å². The average molecular weight is 349 g/mol. The van der Waals surface area contributed by atoms with E-state index in [1.165, 1.54) is 7.11 Å². The van der Waals surface area contributed by atoms with Crippen molar-refractivity contribution in [2.75, 3.05) is 19.0 Å². The van der Waals surface area contributed by atoms with Crippen LogP contribution in [0.25, 0.3) is 10.9 Å². The van der Waals surface area contributed by atoms with Crippen molar-refractivity contribution in [2.45, 2.75) is 6.92 Å². The van der Waals surface area contributed by atoms with E-state index in [9.17, 15) is 9.59 Å². The minimum atomic E-state index is -0.333. The summed E-state index contributed by atoms with van der Waals surface area (Å²) in [4.78, 5) is 28.9. The molecule has 0 fully saturated rings. The number of nitrogens with zero attached hydrogens (tertiary/aromatic N) is 1. The molecule has 0 bridgehead atoms. The summed E-state index contributed by atoms with van der Waals surface area (Å²) in [6, 6.07) is 14.4. The molecule has 0 atom stereocenters. The zero-order valence-electron chi connectivity index (χ0n) is 14.6. The van der Waals surface area contributed by atoms with Crippen molar-refractivity contribution in [3.8, 4) is 5.75 Å². The summed E-state index contributed by atoms with van der Waals surface area (Å²) in [6.45, 7) is 1.78. The molecule has 6 nitrogen and oxygen atoms in total. The summed E-state index contributed by atoms with van der Waals surface area (Å²) >= 11 is 0. The number of hydrogen-bond acceptors (Lipinski definition) is 4. The predicted octanol–water partition coefficient (Wildman–Crippen LogP) is 2.92. The van der Waals surface area contributed by atoms with Crippen LogP contribution < -0.4 is 15.4 Å². The third-order valence-electron chi connectivity index (χ3n) is 3.93. The van der Waals surface area contributed by atoms with Gasteiger partial charge in [0.2, 0.25) is 5.91 Å². The van der Waals surface area contributed by atoms with Crippen molar-refractivity contribution in [1.82, 2.24) is 10.3 Å². The fraction of sp³-hybridized carbons (Fsp3) is 0.150. The second-order valence-corrected chi connectivity index (χ2v) is 5.81. The largest absolute Gasteiger partial charge is 0.495 e. The third-order valence-corrected chi connectivity index (χ3v) is 3.93. The number of carbonyl (C=O) groups is 2. The first-order valence-corrected chi connectivity index (χ1v) is 8.15. The molecule has 0 radical (unpaired) electrons. The zero-order valence-corrected chi connectivity index (χ0v) is 14.6. The van der Waals surface area contributed by atoms with E-state index in [1.807, 2.05) is 31.2 Å². The van der Waals surface area contributed by atoms with Gasteiger partial charge in [0.15, 0.2) is 0 Å². The molecular weight excluding hydrogens is 330 g/mol. The van der Waals surface area contributed by atoms with E-state index >= 15 is 0 Å². The van der Waals surface area contributed by atoms with E-state index in [-0.39, 0.29) is 18.4 Å². The molecular formula is C20H19N3O3. The Balaban J connectivity index is 1.68. The number of aryl methyl sites for hydroxylation is 1. The molecule has 0 aliphatic rings. The quantitative estimate of drug-likeness (QED) is 0.742. The number of anilines is 1. The van der Waals surface area contributed by atoms with Gasteiger partial charge in [-0.3, -0.25) is 14.6 Å². The summed E-state index contributed by atoms with van der Waals surface area (Å²) < 4.78 is 5.24. The number of carbonyl (C=O) groups excluding carboxylic acids is 2. The maximum atomic E-state index is 12.4. The summed E-state index contributed by atoms with van der Waals surface area (Å²) in [6.07, 6.45) is 1.67. The van der Waals surface area contributed by atoms with Gasteiger partial charge < -0.3 is 15.4 Å². The molecule has 2 aromatic carbocycles. The molecule has 132 valence electrons. The van der Waals surface area contributed by atoms with Gasteiger partial charge in [-0.25, -0.2) is 0 Å². The molecule has 0 unspecified atom stereocenters. The van der Waals surface area contributed by atoms with Gasteiger partial charge in [0.05, 0.1) is 24.9 Å². The molecule has 1 heterocycles. The molecule has 3 aromatic rings. The van der Waals surface area contributed by atoms with Gasteiger partial charge in [-0.15, -0.1) is 0 Å². The Kier molecular flexibility index (Phi) is 5.12. The Bertz CT molecular complexity index is 964. The van der Waals surface area contributed by atoms with E-state index in [0.29, 0.717) is 17.0 Å². The molecule has 0 aliphatic carbocycles. The van der Waals surface area contributed by atoms with Gasteiger partial charge in [0.25, 0.3) is 5.91 Å². The Hall–Kier alpha value is -3.41. The van der Waals surface area contributed by atoms with Crippen LogP contribution in [0.3, 0.4) is 0 Å². The molecule has 0 saturated carbocycles. The van der Waals surface area contributed by atoms with Crippen molar-refractivity contribution in [1.29, 1.82) is 0 Å². The lowest BCUT2D eigenvalue weighted by Crippen LogP contribution is -2.33. The first-order chi connectivity index (χ1) is 12.6. The van der Waals surface area contributed by atoms with Crippen molar-refractivity contribution < 1.29 is 14.3 Å². The number of aromatic nitrogens is 1. The number of pyridine rings is 1. The van der Waals surface area contributed by atoms with E-state index in [2.05, 4.69) is 15.6 Å². The van der Waals surface area contributed by atoms with Crippen molar-refractivity contribution in [3.63, 3.8) is 0 Å². The topological polar surface area (TPSA) is 80.3 Å². The second-order valence-electron chi connectivity index (χ2n) is 5.81. The van der Waals surface area contributed by atoms with Gasteiger partial charge >= 0.3 is 0 Å². The molecule has 6 heteroatoms. The minimum absolute atomic E-state index is 0.146. The van der Waals surface area contributed by atoms with Crippen LogP contribution in [-0.2, 0) is 4.79 Å². The van der Waals surface area contributed by atoms with E-state index in [1.54, 1.807) is 30.5 Å². The van der Waals surface area contributed by atoms with Crippen molar-refractivity contribution in [2.24, 2.45) is 0 Å². The van der Waals surface area contributed by atoms with E-state index in [0.717, 1.165) is 16.5 Å². The fourth-order valence-corrected chi connectivity index (χ4v) is 2.67. The smallest absolute Gasteiger partial charge is 0.252 e. The average Bonchev–Trinajstić information content (AvgIpc) is 2.66. The van der Waals surface area contributed by atoms with Crippen LogP contribution in [0.1, 0.15) is 15.9 Å². The van der Waals surface area contributed by atoms with Crippen LogP contribution in [0.5, 0.6) is 5.75 Å². The molecule has 0 aliphatic heterocycles. The lowest BCUT2D eigenvalue weighted by atomic mass is 10.1. The standard InChI is InChI=1S/C20H19N3O3/c1-13-8-9-18(26-2)17(11-13)23-19(24)12-22-20(25)15-5-3-7-16-14(15)6-4-10-21-16/h3-11H,12H2,1-2H3,(H,22,25)(H,23,24). The Morgan fingerprint density at radius 3 is 2.77 bits per heavy atom. The number of amides is 2. The molecule has 0 saturated heterocycles. The molecule has 26 heavy (non-hydrogen) atoms. The van der Waals surface area contributed by atoms with Crippen molar-refractivity contribution >= 4 is 28.4 Å². The number of hydrogen-bond donors (Lipinski definition) is 2. The summed E-state index contributed by atoms with van der Waals surface area (Å²) in [5.41, 5.74) is 2.78. The lowest BCUT2D eigenvalue weighted by molar-refractivity contribution is -0.115. The Morgan fingerprint density at radius 1 is 1.12 bits per heavy atom. The highest BCUT2D eigenvalue weighted by Crippen LogP contribution is 2.25.